The molecule has 0 radical (unpaired) electrons. The number of hydrogen-bond acceptors (Lipinski definition) is 5. The topological polar surface area (TPSA) is 119 Å². The van der Waals surface area contributed by atoms with Gasteiger partial charge in [-0.2, -0.15) is 8.42 Å². The van der Waals surface area contributed by atoms with Gasteiger partial charge in [0.1, 0.15) is 4.90 Å². The quantitative estimate of drug-likeness (QED) is 0.666. The second-order valence-corrected chi connectivity index (χ2v) is 8.38. The van der Waals surface area contributed by atoms with Gasteiger partial charge in [0.05, 0.1) is 15.4 Å². The van der Waals surface area contributed by atoms with Crippen LogP contribution in [0.1, 0.15) is 0 Å². The van der Waals surface area contributed by atoms with Crippen LogP contribution in [-0.2, 0) is 20.1 Å². The van der Waals surface area contributed by atoms with E-state index in [1.54, 1.807) is 12.1 Å². The maximum absolute atomic E-state index is 12.4. The van der Waals surface area contributed by atoms with Crippen molar-refractivity contribution in [2.45, 2.75) is 9.79 Å². The zero-order valence-corrected chi connectivity index (χ0v) is 14.3. The molecule has 0 atom stereocenters. The van der Waals surface area contributed by atoms with Gasteiger partial charge in [-0.3, -0.25) is 0 Å². The van der Waals surface area contributed by atoms with Crippen LogP contribution in [0.3, 0.4) is 0 Å². The Morgan fingerprint density at radius 2 is 1.58 bits per heavy atom. The normalized spacial score (nSPS) is 12.4. The van der Waals surface area contributed by atoms with Gasteiger partial charge in [0.2, 0.25) is 10.0 Å². The van der Waals surface area contributed by atoms with E-state index in [2.05, 4.69) is 4.98 Å². The maximum Gasteiger partial charge on any atom is 0.339 e. The fourth-order valence-electron chi connectivity index (χ4n) is 2.12. The largest absolute Gasteiger partial charge is 0.377 e. The molecule has 0 aliphatic carbocycles. The highest BCUT2D eigenvalue weighted by molar-refractivity contribution is 7.89. The molecule has 3 N–H and O–H groups in total. The number of primary sulfonamides is 1. The lowest BCUT2D eigenvalue weighted by Crippen LogP contribution is -2.13. The minimum absolute atomic E-state index is 0.0786. The van der Waals surface area contributed by atoms with Gasteiger partial charge >= 0.3 is 10.1 Å². The summed E-state index contributed by atoms with van der Waals surface area (Å²) in [6, 6.07) is 9.21. The van der Waals surface area contributed by atoms with E-state index in [-0.39, 0.29) is 15.5 Å². The molecule has 2 aromatic carbocycles. The van der Waals surface area contributed by atoms with E-state index in [4.69, 9.17) is 20.9 Å². The molecule has 1 heterocycles. The zero-order chi connectivity index (χ0) is 17.5. The van der Waals surface area contributed by atoms with E-state index >= 15 is 0 Å². The smallest absolute Gasteiger partial charge is 0.339 e. The Hall–Kier alpha value is -2.07. The van der Waals surface area contributed by atoms with Crippen molar-refractivity contribution in [1.29, 1.82) is 0 Å². The van der Waals surface area contributed by atoms with Crippen molar-refractivity contribution in [2.24, 2.45) is 5.14 Å². The van der Waals surface area contributed by atoms with Crippen molar-refractivity contribution < 1.29 is 21.0 Å². The molecule has 0 aliphatic rings. The number of hydrogen-bond donors (Lipinski definition) is 2. The molecular weight excluding hydrogens is 376 g/mol. The lowest BCUT2D eigenvalue weighted by Gasteiger charge is -2.08. The molecule has 0 saturated heterocycles. The number of rotatable bonds is 4. The van der Waals surface area contributed by atoms with E-state index in [9.17, 15) is 16.8 Å². The maximum atomic E-state index is 12.4. The van der Waals surface area contributed by atoms with Gasteiger partial charge in [0, 0.05) is 11.6 Å². The second-order valence-electron chi connectivity index (χ2n) is 4.87. The van der Waals surface area contributed by atoms with Gasteiger partial charge in [-0.25, -0.2) is 13.6 Å². The van der Waals surface area contributed by atoms with Gasteiger partial charge in [-0.1, -0.05) is 23.7 Å². The van der Waals surface area contributed by atoms with Gasteiger partial charge in [0.25, 0.3) is 0 Å². The molecule has 0 amide bonds. The number of nitrogens with two attached hydrogens (primary N) is 1. The van der Waals surface area contributed by atoms with E-state index in [0.717, 1.165) is 24.3 Å². The number of fused-ring (bicyclic) bond motifs is 1. The highest BCUT2D eigenvalue weighted by Crippen LogP contribution is 2.31. The third-order valence-corrected chi connectivity index (χ3v) is 5.76. The van der Waals surface area contributed by atoms with Crippen LogP contribution in [0.4, 0.5) is 0 Å². The molecule has 0 unspecified atom stereocenters. The number of H-pyrrole nitrogens is 1. The summed E-state index contributed by atoms with van der Waals surface area (Å²) in [6.07, 6.45) is 1.52. The van der Waals surface area contributed by atoms with Gasteiger partial charge in [0.15, 0.2) is 5.75 Å². The molecule has 7 nitrogen and oxygen atoms in total. The standard InChI is InChI=1S/C14H11ClN2O5S2/c15-12-8-17-14-11(12)2-1-3-13(14)22-24(20,21)10-6-4-9(5-7-10)23(16,18)19/h1-8,17H,(H2,16,18,19). The van der Waals surface area contributed by atoms with Crippen molar-refractivity contribution >= 4 is 42.6 Å². The van der Waals surface area contributed by atoms with Crippen molar-refractivity contribution in [2.75, 3.05) is 0 Å². The van der Waals surface area contributed by atoms with Crippen LogP contribution in [-0.4, -0.2) is 21.8 Å². The van der Waals surface area contributed by atoms with Crippen LogP contribution in [0.2, 0.25) is 5.02 Å². The molecule has 0 spiro atoms. The van der Waals surface area contributed by atoms with E-state index in [1.807, 2.05) is 0 Å². The van der Waals surface area contributed by atoms with Crippen LogP contribution >= 0.6 is 11.6 Å². The molecule has 3 aromatic rings. The Morgan fingerprint density at radius 3 is 2.21 bits per heavy atom. The minimum Gasteiger partial charge on any atom is -0.377 e. The molecule has 3 rings (SSSR count). The summed E-state index contributed by atoms with van der Waals surface area (Å²) in [5.74, 6) is 0.0786. The van der Waals surface area contributed by atoms with E-state index in [1.165, 1.54) is 12.3 Å². The number of para-hydroxylation sites is 1. The zero-order valence-electron chi connectivity index (χ0n) is 11.9. The third-order valence-electron chi connectivity index (χ3n) is 3.27. The van der Waals surface area contributed by atoms with Crippen LogP contribution in [0.5, 0.6) is 5.75 Å². The average molecular weight is 387 g/mol. The SMILES string of the molecule is NS(=O)(=O)c1ccc(S(=O)(=O)Oc2cccc3c(Cl)c[nH]c23)cc1. The summed E-state index contributed by atoms with van der Waals surface area (Å²) in [5.41, 5.74) is 0.437. The predicted molar refractivity (Wildman–Crippen MR) is 88.9 cm³/mol. The average Bonchev–Trinajstić information content (AvgIpc) is 2.89. The molecule has 24 heavy (non-hydrogen) atoms. The number of sulfonamides is 1. The molecule has 10 heteroatoms. The first-order chi connectivity index (χ1) is 11.2. The number of nitrogens with one attached hydrogen (secondary N) is 1. The first-order valence-corrected chi connectivity index (χ1v) is 9.85. The monoisotopic (exact) mass is 386 g/mol. The third kappa shape index (κ3) is 3.11. The number of halogens is 1. The summed E-state index contributed by atoms with van der Waals surface area (Å²) in [4.78, 5) is 2.44. The summed E-state index contributed by atoms with van der Waals surface area (Å²) >= 11 is 5.99. The Balaban J connectivity index is 1.99. The molecule has 0 aliphatic heterocycles. The number of benzene rings is 2. The minimum atomic E-state index is -4.16. The Kier molecular flexibility index (Phi) is 4.04. The van der Waals surface area contributed by atoms with Crippen LogP contribution < -0.4 is 9.32 Å². The molecule has 0 saturated carbocycles. The van der Waals surface area contributed by atoms with E-state index in [0.29, 0.717) is 15.9 Å². The van der Waals surface area contributed by atoms with E-state index < -0.39 is 20.1 Å². The van der Waals surface area contributed by atoms with Gasteiger partial charge in [-0.05, 0) is 30.3 Å². The Bertz CT molecular complexity index is 1120. The summed E-state index contributed by atoms with van der Waals surface area (Å²) in [7, 11) is -8.06. The lowest BCUT2D eigenvalue weighted by atomic mass is 10.2. The van der Waals surface area contributed by atoms with Gasteiger partial charge in [-0.15, -0.1) is 0 Å². The summed E-state index contributed by atoms with van der Waals surface area (Å²) in [6.45, 7) is 0. The fraction of sp³-hybridized carbons (Fsp3) is 0. The predicted octanol–water partition coefficient (Wildman–Crippen LogP) is 2.24. The van der Waals surface area contributed by atoms with Crippen LogP contribution in [0.25, 0.3) is 10.9 Å². The fourth-order valence-corrected chi connectivity index (χ4v) is 3.79. The molecule has 126 valence electrons. The van der Waals surface area contributed by atoms with Crippen LogP contribution in [0, 0.1) is 0 Å². The van der Waals surface area contributed by atoms with Crippen molar-refractivity contribution in [1.82, 2.24) is 4.98 Å². The van der Waals surface area contributed by atoms with Crippen LogP contribution in [0.15, 0.2) is 58.5 Å². The van der Waals surface area contributed by atoms with Crippen molar-refractivity contribution in [3.8, 4) is 5.75 Å². The van der Waals surface area contributed by atoms with Crippen molar-refractivity contribution in [3.63, 3.8) is 0 Å². The molecular formula is C14H11ClN2O5S2. The number of aromatic amines is 1. The molecule has 0 fully saturated rings. The Morgan fingerprint density at radius 1 is 0.958 bits per heavy atom. The Labute approximate surface area is 143 Å². The first-order valence-electron chi connectivity index (χ1n) is 6.51. The second kappa shape index (κ2) is 5.78. The number of aromatic nitrogens is 1. The van der Waals surface area contributed by atoms with Crippen molar-refractivity contribution in [3.05, 3.63) is 53.7 Å². The molecule has 0 bridgehead atoms. The summed E-state index contributed by atoms with van der Waals surface area (Å²) in [5, 5.41) is 6.03. The highest BCUT2D eigenvalue weighted by Gasteiger charge is 2.20. The lowest BCUT2D eigenvalue weighted by molar-refractivity contribution is 0.488. The summed E-state index contributed by atoms with van der Waals surface area (Å²) < 4.78 is 52.3. The molecule has 1 aromatic heterocycles. The van der Waals surface area contributed by atoms with Gasteiger partial charge < -0.3 is 9.17 Å². The highest BCUT2D eigenvalue weighted by atomic mass is 35.5. The first kappa shape index (κ1) is 16.8.